The van der Waals surface area contributed by atoms with Gasteiger partial charge in [0, 0.05) is 37.6 Å². The quantitative estimate of drug-likeness (QED) is 0.771. The maximum absolute atomic E-state index is 12.4. The zero-order valence-electron chi connectivity index (χ0n) is 18.4. The fourth-order valence-corrected chi connectivity index (χ4v) is 3.84. The summed E-state index contributed by atoms with van der Waals surface area (Å²) in [6.07, 6.45) is 0. The number of piperazine rings is 1. The standard InChI is InChI=1S/C24H32N4O2/c1-17-12-18(2)14-21(13-17)25-23(29)15-27-8-10-28(11-9-27)16-24(30)26-22-7-5-6-19(3)20(22)4/h5-7,12-14H,8-11,15-16H2,1-4H3,(H,25,29)(H,26,30). The van der Waals surface area contributed by atoms with E-state index >= 15 is 0 Å². The SMILES string of the molecule is Cc1cc(C)cc(NC(=O)CN2CCN(CC(=O)Nc3cccc(C)c3C)CC2)c1. The minimum atomic E-state index is 0.00103. The van der Waals surface area contributed by atoms with Gasteiger partial charge in [0.25, 0.3) is 0 Å². The van der Waals surface area contributed by atoms with E-state index in [0.717, 1.165) is 54.2 Å². The Morgan fingerprint density at radius 3 is 1.90 bits per heavy atom. The number of benzene rings is 2. The fraction of sp³-hybridized carbons (Fsp3) is 0.417. The Balaban J connectivity index is 1.42. The minimum absolute atomic E-state index is 0.00103. The van der Waals surface area contributed by atoms with Crippen molar-refractivity contribution in [2.45, 2.75) is 27.7 Å². The number of amides is 2. The van der Waals surface area contributed by atoms with Gasteiger partial charge in [-0.05, 0) is 68.1 Å². The summed E-state index contributed by atoms with van der Waals surface area (Å²) < 4.78 is 0. The smallest absolute Gasteiger partial charge is 0.238 e. The van der Waals surface area contributed by atoms with Crippen LogP contribution < -0.4 is 10.6 Å². The number of nitrogens with zero attached hydrogens (tertiary/aromatic N) is 2. The van der Waals surface area contributed by atoms with E-state index in [9.17, 15) is 9.59 Å². The molecule has 2 N–H and O–H groups in total. The number of aryl methyl sites for hydroxylation is 3. The first-order valence-electron chi connectivity index (χ1n) is 10.5. The van der Waals surface area contributed by atoms with E-state index in [1.807, 2.05) is 58.0 Å². The molecule has 160 valence electrons. The Hall–Kier alpha value is -2.70. The van der Waals surface area contributed by atoms with Gasteiger partial charge < -0.3 is 10.6 Å². The van der Waals surface area contributed by atoms with E-state index in [2.05, 4.69) is 26.5 Å². The molecule has 0 bridgehead atoms. The average molecular weight is 409 g/mol. The number of carbonyl (C=O) groups excluding carboxylic acids is 2. The molecule has 0 saturated carbocycles. The van der Waals surface area contributed by atoms with Gasteiger partial charge in [-0.15, -0.1) is 0 Å². The Labute approximate surface area is 179 Å². The molecule has 0 aliphatic carbocycles. The number of nitrogens with one attached hydrogen (secondary N) is 2. The van der Waals surface area contributed by atoms with Crippen LogP contribution in [0, 0.1) is 27.7 Å². The molecule has 1 aliphatic heterocycles. The van der Waals surface area contributed by atoms with Crippen molar-refractivity contribution in [2.75, 3.05) is 49.9 Å². The molecular weight excluding hydrogens is 376 g/mol. The highest BCUT2D eigenvalue weighted by Gasteiger charge is 2.21. The van der Waals surface area contributed by atoms with Crippen LogP contribution in [0.5, 0.6) is 0 Å². The summed E-state index contributed by atoms with van der Waals surface area (Å²) in [5.41, 5.74) is 6.27. The number of carbonyl (C=O) groups is 2. The molecule has 1 heterocycles. The fourth-order valence-electron chi connectivity index (χ4n) is 3.84. The molecule has 0 atom stereocenters. The molecule has 2 amide bonds. The van der Waals surface area contributed by atoms with E-state index in [-0.39, 0.29) is 11.8 Å². The van der Waals surface area contributed by atoms with Crippen molar-refractivity contribution in [1.29, 1.82) is 0 Å². The van der Waals surface area contributed by atoms with E-state index < -0.39 is 0 Å². The van der Waals surface area contributed by atoms with Crippen LogP contribution in [-0.2, 0) is 9.59 Å². The third-order valence-electron chi connectivity index (χ3n) is 5.58. The van der Waals surface area contributed by atoms with Gasteiger partial charge in [-0.3, -0.25) is 19.4 Å². The predicted octanol–water partition coefficient (Wildman–Crippen LogP) is 3.12. The van der Waals surface area contributed by atoms with Crippen molar-refractivity contribution in [3.8, 4) is 0 Å². The first-order chi connectivity index (χ1) is 14.3. The van der Waals surface area contributed by atoms with E-state index in [1.165, 1.54) is 5.56 Å². The number of rotatable bonds is 6. The predicted molar refractivity (Wildman–Crippen MR) is 122 cm³/mol. The normalized spacial score (nSPS) is 15.1. The van der Waals surface area contributed by atoms with Crippen LogP contribution in [-0.4, -0.2) is 60.9 Å². The van der Waals surface area contributed by atoms with Crippen LogP contribution in [0.1, 0.15) is 22.3 Å². The maximum Gasteiger partial charge on any atom is 0.238 e. The second-order valence-electron chi connectivity index (χ2n) is 8.27. The van der Waals surface area contributed by atoms with Gasteiger partial charge in [0.1, 0.15) is 0 Å². The molecule has 6 nitrogen and oxygen atoms in total. The summed E-state index contributed by atoms with van der Waals surface area (Å²) >= 11 is 0. The molecule has 0 spiro atoms. The molecule has 0 aromatic heterocycles. The second-order valence-corrected chi connectivity index (χ2v) is 8.27. The van der Waals surface area contributed by atoms with Gasteiger partial charge in [0.05, 0.1) is 13.1 Å². The molecule has 2 aromatic carbocycles. The summed E-state index contributed by atoms with van der Waals surface area (Å²) in [5, 5.41) is 6.01. The largest absolute Gasteiger partial charge is 0.325 e. The van der Waals surface area contributed by atoms with Gasteiger partial charge in [-0.1, -0.05) is 18.2 Å². The number of hydrogen-bond acceptors (Lipinski definition) is 4. The molecule has 3 rings (SSSR count). The van der Waals surface area contributed by atoms with E-state index in [0.29, 0.717) is 13.1 Å². The average Bonchev–Trinajstić information content (AvgIpc) is 2.66. The van der Waals surface area contributed by atoms with Crippen LogP contribution in [0.25, 0.3) is 0 Å². The maximum atomic E-state index is 12.4. The molecule has 2 aromatic rings. The molecule has 0 radical (unpaired) electrons. The van der Waals surface area contributed by atoms with Crippen LogP contribution >= 0.6 is 0 Å². The zero-order chi connectivity index (χ0) is 21.7. The Morgan fingerprint density at radius 1 is 0.800 bits per heavy atom. The van der Waals surface area contributed by atoms with Crippen LogP contribution in [0.15, 0.2) is 36.4 Å². The van der Waals surface area contributed by atoms with Crippen LogP contribution in [0.2, 0.25) is 0 Å². The lowest BCUT2D eigenvalue weighted by Crippen LogP contribution is -2.50. The van der Waals surface area contributed by atoms with Gasteiger partial charge in [0.2, 0.25) is 11.8 Å². The monoisotopic (exact) mass is 408 g/mol. The zero-order valence-corrected chi connectivity index (χ0v) is 18.4. The highest BCUT2D eigenvalue weighted by Crippen LogP contribution is 2.18. The van der Waals surface area contributed by atoms with E-state index in [4.69, 9.17) is 0 Å². The van der Waals surface area contributed by atoms with E-state index in [1.54, 1.807) is 0 Å². The molecule has 6 heteroatoms. The summed E-state index contributed by atoms with van der Waals surface area (Å²) in [6.45, 7) is 12.0. The number of hydrogen-bond donors (Lipinski definition) is 2. The van der Waals surface area contributed by atoms with Gasteiger partial charge in [-0.2, -0.15) is 0 Å². The highest BCUT2D eigenvalue weighted by atomic mass is 16.2. The summed E-state index contributed by atoms with van der Waals surface area (Å²) in [7, 11) is 0. The van der Waals surface area contributed by atoms with Crippen LogP contribution in [0.3, 0.4) is 0 Å². The Bertz CT molecular complexity index is 897. The third-order valence-corrected chi connectivity index (χ3v) is 5.58. The number of anilines is 2. The lowest BCUT2D eigenvalue weighted by molar-refractivity contribution is -0.120. The summed E-state index contributed by atoms with van der Waals surface area (Å²) in [5.74, 6) is 0.00539. The molecular formula is C24H32N4O2. The first kappa shape index (κ1) is 22.0. The van der Waals surface area contributed by atoms with Crippen LogP contribution in [0.4, 0.5) is 11.4 Å². The molecule has 0 unspecified atom stereocenters. The molecule has 1 aliphatic rings. The molecule has 1 fully saturated rings. The van der Waals surface area contributed by atoms with Gasteiger partial charge >= 0.3 is 0 Å². The first-order valence-corrected chi connectivity index (χ1v) is 10.5. The summed E-state index contributed by atoms with van der Waals surface area (Å²) in [4.78, 5) is 29.1. The van der Waals surface area contributed by atoms with Crippen molar-refractivity contribution in [3.63, 3.8) is 0 Å². The third kappa shape index (κ3) is 6.15. The molecule has 30 heavy (non-hydrogen) atoms. The van der Waals surface area contributed by atoms with Gasteiger partial charge in [0.15, 0.2) is 0 Å². The lowest BCUT2D eigenvalue weighted by atomic mass is 10.1. The van der Waals surface area contributed by atoms with Gasteiger partial charge in [-0.25, -0.2) is 0 Å². The second kappa shape index (κ2) is 9.87. The lowest BCUT2D eigenvalue weighted by Gasteiger charge is -2.33. The van der Waals surface area contributed by atoms with Crippen molar-refractivity contribution in [2.24, 2.45) is 0 Å². The van der Waals surface area contributed by atoms with Crippen molar-refractivity contribution in [1.82, 2.24) is 9.80 Å². The molecule has 1 saturated heterocycles. The highest BCUT2D eigenvalue weighted by molar-refractivity contribution is 5.93. The Morgan fingerprint density at radius 2 is 1.33 bits per heavy atom. The summed E-state index contributed by atoms with van der Waals surface area (Å²) in [6, 6.07) is 12.0. The van der Waals surface area contributed by atoms with Crippen molar-refractivity contribution in [3.05, 3.63) is 58.7 Å². The van der Waals surface area contributed by atoms with Crippen molar-refractivity contribution >= 4 is 23.2 Å². The van der Waals surface area contributed by atoms with Crippen molar-refractivity contribution < 1.29 is 9.59 Å². The minimum Gasteiger partial charge on any atom is -0.325 e. The Kier molecular flexibility index (Phi) is 7.24. The topological polar surface area (TPSA) is 64.7 Å².